The highest BCUT2D eigenvalue weighted by atomic mass is 16.5. The van der Waals surface area contributed by atoms with E-state index in [0.29, 0.717) is 37.8 Å². The number of aliphatic hydroxyl groups excluding tert-OH is 1. The number of aliphatic hydroxyl groups is 1. The number of amides is 1. The van der Waals surface area contributed by atoms with Gasteiger partial charge in [0.1, 0.15) is 6.26 Å². The Bertz CT molecular complexity index is 577. The fraction of sp³-hybridized carbons (Fsp3) is 0.789. The molecule has 1 aliphatic heterocycles. The van der Waals surface area contributed by atoms with Crippen LogP contribution >= 0.6 is 0 Å². The van der Waals surface area contributed by atoms with Crippen molar-refractivity contribution in [2.75, 3.05) is 45.9 Å². The van der Waals surface area contributed by atoms with Crippen LogP contribution in [0.2, 0.25) is 0 Å². The van der Waals surface area contributed by atoms with Crippen LogP contribution in [0.1, 0.15) is 50.5 Å². The number of β-amino-alcohol motifs (C(OH)–C–C–N with tert-alkyl or cyclic N) is 1. The van der Waals surface area contributed by atoms with Gasteiger partial charge in [-0.3, -0.25) is 14.6 Å². The Morgan fingerprint density at radius 2 is 2.00 bits per heavy atom. The van der Waals surface area contributed by atoms with E-state index >= 15 is 0 Å². The molecule has 0 saturated carbocycles. The SMILES string of the molecule is CCCNC(=O)c1coc(CN2CCN(C[C@H](O)COC(C)(C)C)CC2)n1. The van der Waals surface area contributed by atoms with Crippen LogP contribution in [0, 0.1) is 0 Å². The fourth-order valence-electron chi connectivity index (χ4n) is 2.84. The van der Waals surface area contributed by atoms with Crippen LogP contribution in [0.15, 0.2) is 10.7 Å². The fourth-order valence-corrected chi connectivity index (χ4v) is 2.84. The zero-order chi connectivity index (χ0) is 19.9. The van der Waals surface area contributed by atoms with Crippen molar-refractivity contribution in [3.05, 3.63) is 17.8 Å². The number of hydrogen-bond donors (Lipinski definition) is 2. The molecule has 0 spiro atoms. The van der Waals surface area contributed by atoms with Gasteiger partial charge in [-0.05, 0) is 27.2 Å². The van der Waals surface area contributed by atoms with E-state index in [0.717, 1.165) is 32.6 Å². The molecule has 1 aromatic heterocycles. The van der Waals surface area contributed by atoms with Crippen molar-refractivity contribution in [2.45, 2.75) is 52.4 Å². The van der Waals surface area contributed by atoms with Crippen LogP contribution in [0.3, 0.4) is 0 Å². The molecule has 1 amide bonds. The van der Waals surface area contributed by atoms with Gasteiger partial charge >= 0.3 is 0 Å². The maximum Gasteiger partial charge on any atom is 0.273 e. The Balaban J connectivity index is 1.70. The van der Waals surface area contributed by atoms with Crippen molar-refractivity contribution in [2.24, 2.45) is 0 Å². The molecular weight excluding hydrogens is 348 g/mol. The molecule has 2 rings (SSSR count). The summed E-state index contributed by atoms with van der Waals surface area (Å²) >= 11 is 0. The van der Waals surface area contributed by atoms with E-state index < -0.39 is 6.10 Å². The molecule has 1 aromatic rings. The second kappa shape index (κ2) is 10.2. The Morgan fingerprint density at radius 1 is 1.33 bits per heavy atom. The van der Waals surface area contributed by atoms with E-state index in [1.165, 1.54) is 6.26 Å². The zero-order valence-corrected chi connectivity index (χ0v) is 17.0. The molecule has 0 aliphatic carbocycles. The second-order valence-electron chi connectivity index (χ2n) is 8.04. The van der Waals surface area contributed by atoms with Crippen molar-refractivity contribution in [1.29, 1.82) is 0 Å². The lowest BCUT2D eigenvalue weighted by Gasteiger charge is -2.35. The third-order valence-corrected chi connectivity index (χ3v) is 4.32. The number of piperazine rings is 1. The van der Waals surface area contributed by atoms with Gasteiger partial charge in [0.25, 0.3) is 5.91 Å². The number of carbonyl (C=O) groups excluding carboxylic acids is 1. The van der Waals surface area contributed by atoms with E-state index in [1.807, 2.05) is 27.7 Å². The van der Waals surface area contributed by atoms with E-state index in [4.69, 9.17) is 9.15 Å². The van der Waals surface area contributed by atoms with Crippen molar-refractivity contribution in [1.82, 2.24) is 20.1 Å². The Hall–Kier alpha value is -1.48. The van der Waals surface area contributed by atoms with Crippen molar-refractivity contribution < 1.29 is 19.1 Å². The van der Waals surface area contributed by atoms with Gasteiger partial charge in [0.2, 0.25) is 5.89 Å². The standard InChI is InChI=1S/C19H34N4O4/c1-5-6-20-18(25)16-14-26-17(21-16)12-23-9-7-22(8-10-23)11-15(24)13-27-19(2,3)4/h14-15,24H,5-13H2,1-4H3,(H,20,25)/t15-/m0/s1. The molecule has 1 aliphatic rings. The lowest BCUT2D eigenvalue weighted by Crippen LogP contribution is -2.49. The number of nitrogens with one attached hydrogen (secondary N) is 1. The Morgan fingerprint density at radius 3 is 2.63 bits per heavy atom. The molecule has 2 N–H and O–H groups in total. The Kier molecular flexibility index (Phi) is 8.22. The normalized spacial score (nSPS) is 17.8. The molecule has 2 heterocycles. The minimum Gasteiger partial charge on any atom is -0.447 e. The molecule has 0 aromatic carbocycles. The van der Waals surface area contributed by atoms with Gasteiger partial charge in [-0.1, -0.05) is 6.92 Å². The summed E-state index contributed by atoms with van der Waals surface area (Å²) in [5, 5.41) is 12.9. The molecule has 1 atom stereocenters. The molecule has 27 heavy (non-hydrogen) atoms. The summed E-state index contributed by atoms with van der Waals surface area (Å²) in [5.41, 5.74) is 0.0983. The number of rotatable bonds is 9. The van der Waals surface area contributed by atoms with Gasteiger partial charge in [-0.15, -0.1) is 0 Å². The zero-order valence-electron chi connectivity index (χ0n) is 17.0. The van der Waals surface area contributed by atoms with Crippen LogP contribution in [0.4, 0.5) is 0 Å². The summed E-state index contributed by atoms with van der Waals surface area (Å²) in [6, 6.07) is 0. The maximum atomic E-state index is 11.9. The highest BCUT2D eigenvalue weighted by molar-refractivity contribution is 5.91. The van der Waals surface area contributed by atoms with Gasteiger partial charge in [-0.25, -0.2) is 4.98 Å². The number of nitrogens with zero attached hydrogens (tertiary/aromatic N) is 3. The van der Waals surface area contributed by atoms with Crippen LogP contribution in [-0.4, -0.2) is 83.4 Å². The number of hydrogen-bond acceptors (Lipinski definition) is 7. The maximum absolute atomic E-state index is 11.9. The highest BCUT2D eigenvalue weighted by Crippen LogP contribution is 2.11. The third-order valence-electron chi connectivity index (χ3n) is 4.32. The van der Waals surface area contributed by atoms with Crippen molar-refractivity contribution >= 4 is 5.91 Å². The summed E-state index contributed by atoms with van der Waals surface area (Å²) < 4.78 is 11.1. The average molecular weight is 383 g/mol. The van der Waals surface area contributed by atoms with E-state index in [9.17, 15) is 9.90 Å². The molecule has 1 fully saturated rings. The average Bonchev–Trinajstić information content (AvgIpc) is 3.07. The summed E-state index contributed by atoms with van der Waals surface area (Å²) in [6.45, 7) is 13.6. The van der Waals surface area contributed by atoms with Gasteiger partial charge in [0, 0.05) is 39.3 Å². The summed E-state index contributed by atoms with van der Waals surface area (Å²) in [5.74, 6) is 0.367. The molecule has 0 bridgehead atoms. The van der Waals surface area contributed by atoms with E-state index in [-0.39, 0.29) is 11.5 Å². The molecular formula is C19H34N4O4. The number of carbonyl (C=O) groups is 1. The first-order valence-electron chi connectivity index (χ1n) is 9.76. The predicted octanol–water partition coefficient (Wildman–Crippen LogP) is 1.11. The molecule has 0 radical (unpaired) electrons. The lowest BCUT2D eigenvalue weighted by molar-refractivity contribution is -0.0588. The topological polar surface area (TPSA) is 91.1 Å². The van der Waals surface area contributed by atoms with Crippen molar-refractivity contribution in [3.63, 3.8) is 0 Å². The smallest absolute Gasteiger partial charge is 0.273 e. The van der Waals surface area contributed by atoms with Crippen molar-refractivity contribution in [3.8, 4) is 0 Å². The van der Waals surface area contributed by atoms with Crippen LogP contribution < -0.4 is 5.32 Å². The quantitative estimate of drug-likeness (QED) is 0.661. The first-order valence-corrected chi connectivity index (χ1v) is 9.76. The van der Waals surface area contributed by atoms with Crippen LogP contribution in [0.25, 0.3) is 0 Å². The monoisotopic (exact) mass is 382 g/mol. The summed E-state index contributed by atoms with van der Waals surface area (Å²) in [6.07, 6.45) is 1.83. The third kappa shape index (κ3) is 7.96. The second-order valence-corrected chi connectivity index (χ2v) is 8.04. The summed E-state index contributed by atoms with van der Waals surface area (Å²) in [4.78, 5) is 20.7. The van der Waals surface area contributed by atoms with Gasteiger partial charge < -0.3 is 19.6 Å². The van der Waals surface area contributed by atoms with Crippen LogP contribution in [-0.2, 0) is 11.3 Å². The largest absolute Gasteiger partial charge is 0.447 e. The molecule has 0 unspecified atom stereocenters. The van der Waals surface area contributed by atoms with E-state index in [1.54, 1.807) is 0 Å². The van der Waals surface area contributed by atoms with Gasteiger partial charge in [-0.2, -0.15) is 0 Å². The number of ether oxygens (including phenoxy) is 1. The first-order chi connectivity index (χ1) is 12.8. The number of aromatic nitrogens is 1. The molecule has 8 heteroatoms. The molecule has 8 nitrogen and oxygen atoms in total. The lowest BCUT2D eigenvalue weighted by atomic mass is 10.2. The first kappa shape index (κ1) is 21.8. The molecule has 154 valence electrons. The minimum atomic E-state index is -0.480. The number of oxazole rings is 1. The van der Waals surface area contributed by atoms with Gasteiger partial charge in [0.05, 0.1) is 24.9 Å². The van der Waals surface area contributed by atoms with Crippen LogP contribution in [0.5, 0.6) is 0 Å². The highest BCUT2D eigenvalue weighted by Gasteiger charge is 2.22. The minimum absolute atomic E-state index is 0.192. The summed E-state index contributed by atoms with van der Waals surface area (Å²) in [7, 11) is 0. The van der Waals surface area contributed by atoms with E-state index in [2.05, 4.69) is 20.1 Å². The Labute approximate surface area is 161 Å². The predicted molar refractivity (Wildman–Crippen MR) is 103 cm³/mol. The van der Waals surface area contributed by atoms with Gasteiger partial charge in [0.15, 0.2) is 5.69 Å². The molecule has 1 saturated heterocycles.